The number of nitrogens with one attached hydrogen (secondary N) is 1. The molecule has 0 bridgehead atoms. The molecule has 0 fully saturated rings. The second-order valence-electron chi connectivity index (χ2n) is 5.15. The number of aliphatic carboxylic acids is 1. The van der Waals surface area contributed by atoms with Gasteiger partial charge in [-0.1, -0.05) is 26.0 Å². The largest absolute Gasteiger partial charge is 0.480 e. The van der Waals surface area contributed by atoms with Crippen LogP contribution < -0.4 is 5.32 Å². The number of carboxylic acids is 1. The highest BCUT2D eigenvalue weighted by molar-refractivity contribution is 8.01. The molecule has 0 aromatic heterocycles. The number of hydrogen-bond donors (Lipinski definition) is 2. The Balaban J connectivity index is 2.49. The highest BCUT2D eigenvalue weighted by atomic mass is 32.2. The molecule has 116 valence electrons. The molecule has 6 heteroatoms. The molecule has 0 aliphatic carbocycles. The number of carbonyl (C=O) groups is 2. The Labute approximate surface area is 128 Å². The Morgan fingerprint density at radius 2 is 1.81 bits per heavy atom. The lowest BCUT2D eigenvalue weighted by Gasteiger charge is -2.17. The molecular weight excluding hydrogens is 293 g/mol. The molecule has 1 amide bonds. The van der Waals surface area contributed by atoms with Gasteiger partial charge in [0.05, 0.1) is 11.8 Å². The summed E-state index contributed by atoms with van der Waals surface area (Å²) in [4.78, 5) is 22.9. The van der Waals surface area contributed by atoms with E-state index in [1.807, 2.05) is 13.8 Å². The zero-order chi connectivity index (χ0) is 16.0. The molecule has 1 aromatic rings. The van der Waals surface area contributed by atoms with E-state index in [0.717, 1.165) is 17.3 Å². The lowest BCUT2D eigenvalue weighted by atomic mass is 10.1. The van der Waals surface area contributed by atoms with Crippen molar-refractivity contribution in [2.24, 2.45) is 5.92 Å². The normalized spacial score (nSPS) is 13.8. The van der Waals surface area contributed by atoms with Crippen molar-refractivity contribution in [2.75, 3.05) is 5.75 Å². The van der Waals surface area contributed by atoms with Gasteiger partial charge in [0.15, 0.2) is 0 Å². The second kappa shape index (κ2) is 8.02. The third-order valence-electron chi connectivity index (χ3n) is 2.99. The van der Waals surface area contributed by atoms with Crippen LogP contribution in [0.25, 0.3) is 0 Å². The van der Waals surface area contributed by atoms with Crippen molar-refractivity contribution in [3.05, 3.63) is 35.6 Å². The number of hydrogen-bond acceptors (Lipinski definition) is 3. The molecule has 0 aliphatic heterocycles. The van der Waals surface area contributed by atoms with Crippen molar-refractivity contribution in [3.8, 4) is 0 Å². The summed E-state index contributed by atoms with van der Waals surface area (Å²) in [5.41, 5.74) is 0.799. The molecule has 1 rings (SSSR count). The van der Waals surface area contributed by atoms with E-state index in [1.165, 1.54) is 12.1 Å². The molecule has 4 nitrogen and oxygen atoms in total. The van der Waals surface area contributed by atoms with Gasteiger partial charge in [-0.3, -0.25) is 9.59 Å². The number of benzene rings is 1. The quantitative estimate of drug-likeness (QED) is 0.812. The van der Waals surface area contributed by atoms with Crippen molar-refractivity contribution in [3.63, 3.8) is 0 Å². The number of carboxylic acid groups (broad SMARTS) is 1. The Hall–Kier alpha value is -1.56. The van der Waals surface area contributed by atoms with Gasteiger partial charge in [-0.05, 0) is 30.5 Å². The van der Waals surface area contributed by atoms with E-state index in [-0.39, 0.29) is 29.4 Å². The van der Waals surface area contributed by atoms with Gasteiger partial charge in [0.25, 0.3) is 0 Å². The van der Waals surface area contributed by atoms with Crippen molar-refractivity contribution in [1.29, 1.82) is 0 Å². The van der Waals surface area contributed by atoms with Crippen LogP contribution in [0.3, 0.4) is 0 Å². The molecule has 21 heavy (non-hydrogen) atoms. The lowest BCUT2D eigenvalue weighted by molar-refractivity contribution is -0.137. The van der Waals surface area contributed by atoms with E-state index >= 15 is 0 Å². The predicted molar refractivity (Wildman–Crippen MR) is 81.7 cm³/mol. The average molecular weight is 313 g/mol. The number of carbonyl (C=O) groups excluding carboxylic acids is 1. The Morgan fingerprint density at radius 3 is 2.29 bits per heavy atom. The van der Waals surface area contributed by atoms with Crippen LogP contribution in [0.4, 0.5) is 4.39 Å². The zero-order valence-corrected chi connectivity index (χ0v) is 13.1. The van der Waals surface area contributed by atoms with Crippen LogP contribution in [0.5, 0.6) is 0 Å². The second-order valence-corrected chi connectivity index (χ2v) is 6.28. The average Bonchev–Trinajstić information content (AvgIpc) is 2.38. The monoisotopic (exact) mass is 313 g/mol. The van der Waals surface area contributed by atoms with Crippen molar-refractivity contribution >= 4 is 23.6 Å². The SMILES string of the molecule is CC(NC(=O)CSC(C(=O)O)C(C)C)c1ccc(F)cc1. The molecule has 0 saturated carbocycles. The van der Waals surface area contributed by atoms with E-state index in [1.54, 1.807) is 19.1 Å². The number of rotatable bonds is 7. The highest BCUT2D eigenvalue weighted by Crippen LogP contribution is 2.20. The van der Waals surface area contributed by atoms with E-state index in [2.05, 4.69) is 5.32 Å². The highest BCUT2D eigenvalue weighted by Gasteiger charge is 2.23. The van der Waals surface area contributed by atoms with E-state index in [4.69, 9.17) is 5.11 Å². The predicted octanol–water partition coefficient (Wildman–Crippen LogP) is 2.85. The van der Waals surface area contributed by atoms with Gasteiger partial charge in [-0.15, -0.1) is 11.8 Å². The molecule has 0 radical (unpaired) electrons. The van der Waals surface area contributed by atoms with Gasteiger partial charge < -0.3 is 10.4 Å². The molecule has 1 aromatic carbocycles. The van der Waals surface area contributed by atoms with Gasteiger partial charge in [0.1, 0.15) is 11.1 Å². The number of thioether (sulfide) groups is 1. The maximum atomic E-state index is 12.8. The Kier molecular flexibility index (Phi) is 6.68. The first-order chi connectivity index (χ1) is 9.81. The minimum Gasteiger partial charge on any atom is -0.480 e. The first kappa shape index (κ1) is 17.5. The third kappa shape index (κ3) is 5.75. The first-order valence-electron chi connectivity index (χ1n) is 6.70. The molecule has 0 heterocycles. The summed E-state index contributed by atoms with van der Waals surface area (Å²) in [5.74, 6) is -1.43. The Morgan fingerprint density at radius 1 is 1.24 bits per heavy atom. The molecule has 2 unspecified atom stereocenters. The fourth-order valence-corrected chi connectivity index (χ4v) is 2.77. The zero-order valence-electron chi connectivity index (χ0n) is 12.3. The minimum atomic E-state index is -0.908. The number of amides is 1. The van der Waals surface area contributed by atoms with Gasteiger partial charge in [0.2, 0.25) is 5.91 Å². The lowest BCUT2D eigenvalue weighted by Crippen LogP contribution is -2.31. The van der Waals surface area contributed by atoms with Crippen molar-refractivity contribution in [2.45, 2.75) is 32.1 Å². The topological polar surface area (TPSA) is 66.4 Å². The summed E-state index contributed by atoms with van der Waals surface area (Å²) in [6.45, 7) is 5.42. The molecular formula is C15H20FNO3S. The van der Waals surface area contributed by atoms with E-state index in [9.17, 15) is 14.0 Å². The van der Waals surface area contributed by atoms with Crippen LogP contribution in [0.2, 0.25) is 0 Å². The van der Waals surface area contributed by atoms with Gasteiger partial charge in [-0.2, -0.15) is 0 Å². The van der Waals surface area contributed by atoms with Crippen molar-refractivity contribution in [1.82, 2.24) is 5.32 Å². The van der Waals surface area contributed by atoms with E-state index in [0.29, 0.717) is 0 Å². The maximum Gasteiger partial charge on any atom is 0.316 e. The maximum absolute atomic E-state index is 12.8. The summed E-state index contributed by atoms with van der Waals surface area (Å²) in [6.07, 6.45) is 0. The molecule has 0 saturated heterocycles. The first-order valence-corrected chi connectivity index (χ1v) is 7.75. The van der Waals surface area contributed by atoms with Crippen LogP contribution >= 0.6 is 11.8 Å². The van der Waals surface area contributed by atoms with Gasteiger partial charge in [-0.25, -0.2) is 4.39 Å². The molecule has 0 aliphatic rings. The van der Waals surface area contributed by atoms with Crippen LogP contribution in [0.1, 0.15) is 32.4 Å². The smallest absolute Gasteiger partial charge is 0.316 e. The van der Waals surface area contributed by atoms with Crippen LogP contribution in [0, 0.1) is 11.7 Å². The summed E-state index contributed by atoms with van der Waals surface area (Å²) >= 11 is 1.11. The molecule has 0 spiro atoms. The summed E-state index contributed by atoms with van der Waals surface area (Å²) < 4.78 is 12.8. The van der Waals surface area contributed by atoms with Crippen molar-refractivity contribution < 1.29 is 19.1 Å². The van der Waals surface area contributed by atoms with Crippen LogP contribution in [-0.4, -0.2) is 28.0 Å². The fraction of sp³-hybridized carbons (Fsp3) is 0.467. The number of halogens is 1. The van der Waals surface area contributed by atoms with Gasteiger partial charge >= 0.3 is 5.97 Å². The van der Waals surface area contributed by atoms with E-state index < -0.39 is 11.2 Å². The van der Waals surface area contributed by atoms with Crippen LogP contribution in [-0.2, 0) is 9.59 Å². The molecule has 2 N–H and O–H groups in total. The fourth-order valence-electron chi connectivity index (χ4n) is 1.83. The summed E-state index contributed by atoms with van der Waals surface area (Å²) in [5, 5.41) is 11.2. The molecule has 2 atom stereocenters. The summed E-state index contributed by atoms with van der Waals surface area (Å²) in [7, 11) is 0. The van der Waals surface area contributed by atoms with Gasteiger partial charge in [0, 0.05) is 0 Å². The summed E-state index contributed by atoms with van der Waals surface area (Å²) in [6, 6.07) is 5.65. The minimum absolute atomic E-state index is 0.0465. The van der Waals surface area contributed by atoms with Crippen LogP contribution in [0.15, 0.2) is 24.3 Å². The standard InChI is InChI=1S/C15H20FNO3S/c1-9(2)14(15(19)20)21-8-13(18)17-10(3)11-4-6-12(16)7-5-11/h4-7,9-10,14H,8H2,1-3H3,(H,17,18)(H,19,20). The third-order valence-corrected chi connectivity index (χ3v) is 4.52. The Bertz CT molecular complexity index is 490.